The van der Waals surface area contributed by atoms with Crippen LogP contribution in [0, 0.1) is 0 Å². The summed E-state index contributed by atoms with van der Waals surface area (Å²) in [5.41, 5.74) is 1.72. The molecule has 0 saturated heterocycles. The van der Waals surface area contributed by atoms with Gasteiger partial charge in [-0.2, -0.15) is 0 Å². The lowest BCUT2D eigenvalue weighted by atomic mass is 10.1. The average Bonchev–Trinajstić information content (AvgIpc) is 2.40. The highest BCUT2D eigenvalue weighted by Gasteiger charge is 2.01. The molecule has 19 heavy (non-hydrogen) atoms. The molecule has 0 fully saturated rings. The van der Waals surface area contributed by atoms with Crippen molar-refractivity contribution in [2.45, 2.75) is 0 Å². The zero-order valence-electron chi connectivity index (χ0n) is 9.68. The van der Waals surface area contributed by atoms with Crippen LogP contribution in [0.5, 0.6) is 0 Å². The van der Waals surface area contributed by atoms with Crippen LogP contribution in [0.15, 0.2) is 47.5 Å². The van der Waals surface area contributed by atoms with E-state index in [-0.39, 0.29) is 5.56 Å². The van der Waals surface area contributed by atoms with Crippen LogP contribution in [0.2, 0.25) is 10.0 Å². The topological polar surface area (TPSA) is 49.7 Å². The lowest BCUT2D eigenvalue weighted by Crippen LogP contribution is -1.95. The second kappa shape index (κ2) is 5.87. The van der Waals surface area contributed by atoms with Crippen molar-refractivity contribution in [3.8, 4) is 0 Å². The van der Waals surface area contributed by atoms with Crippen LogP contribution in [0.3, 0.4) is 0 Å². The first-order valence-corrected chi connectivity index (χ1v) is 6.14. The van der Waals surface area contributed by atoms with Crippen LogP contribution < -0.4 is 0 Å². The third-order valence-corrected chi connectivity index (χ3v) is 3.16. The lowest BCUT2D eigenvalue weighted by molar-refractivity contribution is 0.0697. The van der Waals surface area contributed by atoms with Crippen molar-refractivity contribution in [2.75, 3.05) is 0 Å². The number of aliphatic imine (C=N–C) groups is 1. The van der Waals surface area contributed by atoms with E-state index in [1.54, 1.807) is 36.5 Å². The molecule has 0 amide bonds. The average molecular weight is 294 g/mol. The molecule has 1 N–H and O–H groups in total. The van der Waals surface area contributed by atoms with E-state index in [0.717, 1.165) is 5.56 Å². The van der Waals surface area contributed by atoms with Gasteiger partial charge < -0.3 is 5.11 Å². The number of nitrogens with zero attached hydrogens (tertiary/aromatic N) is 1. The number of halogens is 2. The molecular formula is C14H9Cl2NO2. The van der Waals surface area contributed by atoms with Crippen molar-refractivity contribution in [3.05, 3.63) is 63.6 Å². The summed E-state index contributed by atoms with van der Waals surface area (Å²) in [6, 6.07) is 11.5. The molecule has 0 aliphatic carbocycles. The van der Waals surface area contributed by atoms with Crippen LogP contribution in [-0.4, -0.2) is 17.3 Å². The fourth-order valence-corrected chi connectivity index (χ4v) is 1.72. The second-order valence-electron chi connectivity index (χ2n) is 3.78. The maximum atomic E-state index is 10.7. The van der Waals surface area contributed by atoms with Gasteiger partial charge in [0.2, 0.25) is 0 Å². The van der Waals surface area contributed by atoms with Gasteiger partial charge in [-0.1, -0.05) is 35.3 Å². The number of carboxylic acid groups (broad SMARTS) is 1. The van der Waals surface area contributed by atoms with Gasteiger partial charge in [-0.15, -0.1) is 0 Å². The van der Waals surface area contributed by atoms with Crippen molar-refractivity contribution in [1.29, 1.82) is 0 Å². The largest absolute Gasteiger partial charge is 0.478 e. The summed E-state index contributed by atoms with van der Waals surface area (Å²) < 4.78 is 0. The van der Waals surface area contributed by atoms with Gasteiger partial charge >= 0.3 is 5.97 Å². The molecule has 3 nitrogen and oxygen atoms in total. The van der Waals surface area contributed by atoms with Crippen LogP contribution >= 0.6 is 23.2 Å². The van der Waals surface area contributed by atoms with Gasteiger partial charge in [0.1, 0.15) is 0 Å². The normalized spacial score (nSPS) is 10.8. The van der Waals surface area contributed by atoms with Crippen LogP contribution in [-0.2, 0) is 0 Å². The molecule has 0 aliphatic rings. The Hall–Kier alpha value is -1.84. The van der Waals surface area contributed by atoms with Gasteiger partial charge in [0, 0.05) is 6.21 Å². The number of aromatic carboxylic acids is 1. The number of hydrogen-bond acceptors (Lipinski definition) is 2. The first-order valence-electron chi connectivity index (χ1n) is 5.39. The maximum Gasteiger partial charge on any atom is 0.335 e. The summed E-state index contributed by atoms with van der Waals surface area (Å²) in [6.07, 6.45) is 1.63. The summed E-state index contributed by atoms with van der Waals surface area (Å²) in [5.74, 6) is -0.951. The monoisotopic (exact) mass is 293 g/mol. The molecule has 0 heterocycles. The Labute approximate surface area is 120 Å². The Bertz CT molecular complexity index is 636. The van der Waals surface area contributed by atoms with Crippen molar-refractivity contribution < 1.29 is 9.90 Å². The molecule has 0 spiro atoms. The highest BCUT2D eigenvalue weighted by atomic mass is 35.5. The summed E-state index contributed by atoms with van der Waals surface area (Å²) >= 11 is 11.7. The van der Waals surface area contributed by atoms with E-state index in [2.05, 4.69) is 4.99 Å². The molecule has 0 radical (unpaired) electrons. The minimum absolute atomic E-state index is 0.242. The molecule has 0 saturated carbocycles. The van der Waals surface area contributed by atoms with E-state index in [9.17, 15) is 4.79 Å². The second-order valence-corrected chi connectivity index (χ2v) is 4.60. The zero-order chi connectivity index (χ0) is 13.8. The molecule has 2 aromatic rings. The number of benzene rings is 2. The highest BCUT2D eigenvalue weighted by molar-refractivity contribution is 6.42. The van der Waals surface area contributed by atoms with Crippen LogP contribution in [0.1, 0.15) is 15.9 Å². The smallest absolute Gasteiger partial charge is 0.335 e. The van der Waals surface area contributed by atoms with Crippen LogP contribution in [0.4, 0.5) is 5.69 Å². The summed E-state index contributed by atoms with van der Waals surface area (Å²) in [4.78, 5) is 14.9. The standard InChI is InChI=1S/C14H9Cl2NO2/c15-12-6-5-11(7-13(12)16)17-8-9-1-3-10(4-2-9)14(18)19/h1-8H,(H,18,19). The number of rotatable bonds is 3. The lowest BCUT2D eigenvalue weighted by Gasteiger charge is -1.98. The van der Waals surface area contributed by atoms with Gasteiger partial charge in [-0.3, -0.25) is 4.99 Å². The van der Waals surface area contributed by atoms with Gasteiger partial charge in [0.05, 0.1) is 21.3 Å². The fraction of sp³-hybridized carbons (Fsp3) is 0. The molecule has 0 aromatic heterocycles. The molecule has 0 aliphatic heterocycles. The predicted molar refractivity (Wildman–Crippen MR) is 77.1 cm³/mol. The minimum atomic E-state index is -0.951. The Kier molecular flexibility index (Phi) is 4.20. The van der Waals surface area contributed by atoms with E-state index < -0.39 is 5.97 Å². The molecule has 0 atom stereocenters. The van der Waals surface area contributed by atoms with Crippen molar-refractivity contribution in [3.63, 3.8) is 0 Å². The molecular weight excluding hydrogens is 285 g/mol. The third-order valence-electron chi connectivity index (χ3n) is 2.42. The summed E-state index contributed by atoms with van der Waals surface area (Å²) in [6.45, 7) is 0. The van der Waals surface area contributed by atoms with Gasteiger partial charge in [0.25, 0.3) is 0 Å². The van der Waals surface area contributed by atoms with Gasteiger partial charge in [0.15, 0.2) is 0 Å². The Morgan fingerprint density at radius 1 is 1.05 bits per heavy atom. The Morgan fingerprint density at radius 2 is 1.74 bits per heavy atom. The van der Waals surface area contributed by atoms with E-state index in [1.807, 2.05) is 0 Å². The van der Waals surface area contributed by atoms with E-state index in [4.69, 9.17) is 28.3 Å². The quantitative estimate of drug-likeness (QED) is 0.851. The van der Waals surface area contributed by atoms with E-state index >= 15 is 0 Å². The highest BCUT2D eigenvalue weighted by Crippen LogP contribution is 2.26. The third kappa shape index (κ3) is 3.56. The number of carboxylic acids is 1. The summed E-state index contributed by atoms with van der Waals surface area (Å²) in [5, 5.41) is 9.70. The molecule has 0 unspecified atom stereocenters. The van der Waals surface area contributed by atoms with Gasteiger partial charge in [-0.25, -0.2) is 4.79 Å². The SMILES string of the molecule is O=C(O)c1ccc(C=Nc2ccc(Cl)c(Cl)c2)cc1. The molecule has 96 valence electrons. The van der Waals surface area contributed by atoms with Crippen molar-refractivity contribution >= 4 is 41.1 Å². The predicted octanol–water partition coefficient (Wildman–Crippen LogP) is 4.44. The first-order chi connectivity index (χ1) is 9.06. The van der Waals surface area contributed by atoms with Crippen molar-refractivity contribution in [2.24, 2.45) is 4.99 Å². The van der Waals surface area contributed by atoms with E-state index in [1.165, 1.54) is 12.1 Å². The number of hydrogen-bond donors (Lipinski definition) is 1. The molecule has 2 aromatic carbocycles. The Balaban J connectivity index is 2.17. The van der Waals surface area contributed by atoms with Crippen molar-refractivity contribution in [1.82, 2.24) is 0 Å². The Morgan fingerprint density at radius 3 is 2.32 bits per heavy atom. The number of carbonyl (C=O) groups is 1. The molecule has 0 bridgehead atoms. The zero-order valence-corrected chi connectivity index (χ0v) is 11.2. The maximum absolute atomic E-state index is 10.7. The van der Waals surface area contributed by atoms with Crippen LogP contribution in [0.25, 0.3) is 0 Å². The van der Waals surface area contributed by atoms with E-state index in [0.29, 0.717) is 15.7 Å². The molecule has 2 rings (SSSR count). The minimum Gasteiger partial charge on any atom is -0.478 e. The first kappa shape index (κ1) is 13.6. The summed E-state index contributed by atoms with van der Waals surface area (Å²) in [7, 11) is 0. The molecule has 5 heteroatoms. The fourth-order valence-electron chi connectivity index (χ4n) is 1.43. The van der Waals surface area contributed by atoms with Gasteiger partial charge in [-0.05, 0) is 35.9 Å².